The third kappa shape index (κ3) is 3.84. The molecule has 2 aromatic rings. The minimum Gasteiger partial charge on any atom is -0.494 e. The van der Waals surface area contributed by atoms with Gasteiger partial charge in [-0.3, -0.25) is 9.36 Å². The number of aromatic hydroxyl groups is 1. The van der Waals surface area contributed by atoms with Gasteiger partial charge in [0.15, 0.2) is 14.7 Å². The lowest BCUT2D eigenvalue weighted by Crippen LogP contribution is -2.28. The lowest BCUT2D eigenvalue weighted by molar-refractivity contribution is 0.374. The number of para-hydroxylation sites is 1. The van der Waals surface area contributed by atoms with Gasteiger partial charge in [-0.15, -0.1) is 0 Å². The van der Waals surface area contributed by atoms with Crippen molar-refractivity contribution in [2.24, 2.45) is 0 Å². The van der Waals surface area contributed by atoms with Crippen molar-refractivity contribution in [3.05, 3.63) is 34.4 Å². The van der Waals surface area contributed by atoms with Crippen LogP contribution in [0, 0.1) is 0 Å². The fraction of sp³-hybridized carbons (Fsp3) is 0.474. The van der Waals surface area contributed by atoms with Crippen molar-refractivity contribution in [3.63, 3.8) is 0 Å². The molecule has 0 radical (unpaired) electrons. The number of sulfone groups is 1. The fourth-order valence-electron chi connectivity index (χ4n) is 2.81. The van der Waals surface area contributed by atoms with Crippen molar-refractivity contribution in [2.75, 3.05) is 14.2 Å². The van der Waals surface area contributed by atoms with Crippen molar-refractivity contribution in [2.45, 2.75) is 50.2 Å². The highest BCUT2D eigenvalue weighted by Gasteiger charge is 2.32. The summed E-state index contributed by atoms with van der Waals surface area (Å²) in [4.78, 5) is 15.8. The Kier molecular flexibility index (Phi) is 6.71. The number of aryl methyl sites for hydroxylation is 1. The van der Waals surface area contributed by atoms with Gasteiger partial charge in [-0.2, -0.15) is 4.98 Å². The topological polar surface area (TPSA) is 108 Å². The van der Waals surface area contributed by atoms with E-state index >= 15 is 0 Å². The molecule has 1 heterocycles. The van der Waals surface area contributed by atoms with E-state index in [4.69, 9.17) is 9.47 Å². The summed E-state index contributed by atoms with van der Waals surface area (Å²) in [5.41, 5.74) is -0.689. The molecule has 0 aliphatic carbocycles. The normalized spacial score (nSPS) is 11.6. The Labute approximate surface area is 164 Å². The molecule has 0 saturated carbocycles. The number of hydrogen-bond donors (Lipinski definition) is 1. The van der Waals surface area contributed by atoms with Gasteiger partial charge in [0.1, 0.15) is 23.0 Å². The summed E-state index contributed by atoms with van der Waals surface area (Å²) in [6.07, 6.45) is 1.88. The number of hydrogen-bond acceptors (Lipinski definition) is 7. The van der Waals surface area contributed by atoms with Crippen LogP contribution in [0.2, 0.25) is 0 Å². The number of methoxy groups -OCH3 is 2. The molecule has 0 spiro atoms. The zero-order valence-electron chi connectivity index (χ0n) is 16.7. The average Bonchev–Trinajstić information content (AvgIpc) is 2.65. The van der Waals surface area contributed by atoms with Crippen LogP contribution in [0.15, 0.2) is 27.9 Å². The lowest BCUT2D eigenvalue weighted by atomic mass is 10.2. The van der Waals surface area contributed by atoms with Gasteiger partial charge in [-0.25, -0.2) is 8.42 Å². The third-order valence-corrected chi connectivity index (χ3v) is 6.55. The molecule has 0 atom stereocenters. The molecule has 1 N–H and O–H groups in total. The monoisotopic (exact) mass is 410 g/mol. The Balaban J connectivity index is 2.99. The number of unbranched alkanes of at least 4 members (excludes halogenated alkanes) is 1. The quantitative estimate of drug-likeness (QED) is 0.712. The number of nitrogens with zero attached hydrogens (tertiary/aromatic N) is 2. The van der Waals surface area contributed by atoms with E-state index in [1.54, 1.807) is 18.2 Å². The zero-order chi connectivity index (χ0) is 21.1. The first-order chi connectivity index (χ1) is 13.2. The molecule has 0 bridgehead atoms. The van der Waals surface area contributed by atoms with E-state index in [2.05, 4.69) is 4.98 Å². The molecule has 0 aliphatic heterocycles. The molecule has 8 nitrogen and oxygen atoms in total. The van der Waals surface area contributed by atoms with Crippen molar-refractivity contribution >= 4 is 9.84 Å². The highest BCUT2D eigenvalue weighted by atomic mass is 32.2. The molecule has 0 aliphatic rings. The van der Waals surface area contributed by atoms with Gasteiger partial charge in [0.05, 0.1) is 19.5 Å². The number of aromatic nitrogens is 2. The molecule has 154 valence electrons. The van der Waals surface area contributed by atoms with Crippen LogP contribution in [-0.2, 0) is 16.3 Å². The van der Waals surface area contributed by atoms with E-state index < -0.39 is 31.4 Å². The Morgan fingerprint density at radius 1 is 1.18 bits per heavy atom. The smallest absolute Gasteiger partial charge is 0.295 e. The third-order valence-electron chi connectivity index (χ3n) is 4.38. The lowest BCUT2D eigenvalue weighted by Gasteiger charge is -2.21. The second kappa shape index (κ2) is 8.64. The summed E-state index contributed by atoms with van der Waals surface area (Å²) in [7, 11) is -1.18. The number of rotatable bonds is 8. The first-order valence-corrected chi connectivity index (χ1v) is 10.5. The van der Waals surface area contributed by atoms with E-state index in [1.807, 2.05) is 6.92 Å². The second-order valence-electron chi connectivity index (χ2n) is 6.53. The van der Waals surface area contributed by atoms with Crippen molar-refractivity contribution in [1.29, 1.82) is 0 Å². The van der Waals surface area contributed by atoms with E-state index in [9.17, 15) is 18.3 Å². The highest BCUT2D eigenvalue weighted by Crippen LogP contribution is 2.37. The van der Waals surface area contributed by atoms with E-state index in [0.29, 0.717) is 24.3 Å². The summed E-state index contributed by atoms with van der Waals surface area (Å²) in [6.45, 7) is 4.85. The predicted molar refractivity (Wildman–Crippen MR) is 106 cm³/mol. The summed E-state index contributed by atoms with van der Waals surface area (Å²) >= 11 is 0. The second-order valence-corrected chi connectivity index (χ2v) is 8.97. The number of ether oxygens (including phenoxy) is 2. The molecule has 28 heavy (non-hydrogen) atoms. The zero-order valence-corrected chi connectivity index (χ0v) is 17.5. The van der Waals surface area contributed by atoms with Crippen LogP contribution in [0.1, 0.15) is 39.4 Å². The van der Waals surface area contributed by atoms with E-state index in [1.165, 1.54) is 32.6 Å². The number of benzene rings is 1. The molecule has 9 heteroatoms. The van der Waals surface area contributed by atoms with E-state index in [-0.39, 0.29) is 11.5 Å². The van der Waals surface area contributed by atoms with Crippen LogP contribution in [0.25, 0.3) is 5.69 Å². The Bertz CT molecular complexity index is 990. The maximum atomic E-state index is 12.7. The molecular weight excluding hydrogens is 384 g/mol. The predicted octanol–water partition coefficient (Wildman–Crippen LogP) is 2.48. The fourth-order valence-corrected chi connectivity index (χ4v) is 3.92. The van der Waals surface area contributed by atoms with Crippen LogP contribution < -0.4 is 15.0 Å². The first kappa shape index (κ1) is 21.7. The van der Waals surface area contributed by atoms with Crippen LogP contribution in [-0.4, -0.2) is 42.5 Å². The molecule has 1 aromatic carbocycles. The standard InChI is InChI=1S/C19H26N2O6S/c1-6-7-11-15-20-18(22)17(28(24,25)12(2)3)19(23)21(15)16-13(26-4)9-8-10-14(16)27-5/h8-10,12,23H,6-7,11H2,1-5H3. The molecule has 0 amide bonds. The Morgan fingerprint density at radius 3 is 2.21 bits per heavy atom. The Morgan fingerprint density at radius 2 is 1.75 bits per heavy atom. The molecule has 2 rings (SSSR count). The maximum absolute atomic E-state index is 12.7. The SMILES string of the molecule is CCCCc1nc(=O)c(S(=O)(=O)C(C)C)c(O)n1-c1c(OC)cccc1OC. The molecule has 0 saturated heterocycles. The highest BCUT2D eigenvalue weighted by molar-refractivity contribution is 7.92. The van der Waals surface area contributed by atoms with Gasteiger partial charge in [0.25, 0.3) is 5.56 Å². The molecule has 1 aromatic heterocycles. The van der Waals surface area contributed by atoms with Crippen molar-refractivity contribution in [1.82, 2.24) is 9.55 Å². The van der Waals surface area contributed by atoms with Crippen LogP contribution in [0.5, 0.6) is 17.4 Å². The van der Waals surface area contributed by atoms with Crippen molar-refractivity contribution < 1.29 is 23.0 Å². The van der Waals surface area contributed by atoms with E-state index in [0.717, 1.165) is 6.42 Å². The van der Waals surface area contributed by atoms with Gasteiger partial charge in [0.2, 0.25) is 5.88 Å². The molecular formula is C19H26N2O6S. The average molecular weight is 410 g/mol. The first-order valence-electron chi connectivity index (χ1n) is 9.00. The van der Waals surface area contributed by atoms with Gasteiger partial charge in [-0.1, -0.05) is 19.4 Å². The van der Waals surface area contributed by atoms with Crippen LogP contribution >= 0.6 is 0 Å². The minimum atomic E-state index is -4.07. The van der Waals surface area contributed by atoms with Crippen molar-refractivity contribution in [3.8, 4) is 23.1 Å². The van der Waals surface area contributed by atoms with Gasteiger partial charge >= 0.3 is 0 Å². The van der Waals surface area contributed by atoms with Gasteiger partial charge in [-0.05, 0) is 32.4 Å². The van der Waals surface area contributed by atoms with Gasteiger partial charge in [0, 0.05) is 6.42 Å². The van der Waals surface area contributed by atoms with Crippen LogP contribution in [0.3, 0.4) is 0 Å². The summed E-state index contributed by atoms with van der Waals surface area (Å²) in [5, 5.41) is 10.1. The Hall–Kier alpha value is -2.55. The summed E-state index contributed by atoms with van der Waals surface area (Å²) < 4.78 is 37.5. The van der Waals surface area contributed by atoms with Crippen LogP contribution in [0.4, 0.5) is 0 Å². The maximum Gasteiger partial charge on any atom is 0.295 e. The largest absolute Gasteiger partial charge is 0.494 e. The van der Waals surface area contributed by atoms with Gasteiger partial charge < -0.3 is 14.6 Å². The molecule has 0 unspecified atom stereocenters. The summed E-state index contributed by atoms with van der Waals surface area (Å²) in [6, 6.07) is 5.00. The minimum absolute atomic E-state index is 0.231. The summed E-state index contributed by atoms with van der Waals surface area (Å²) in [5.74, 6) is 0.217. The molecule has 0 fully saturated rings.